The molecular formula is C23H27ClF3N4O6P. The van der Waals surface area contributed by atoms with Gasteiger partial charge in [0.1, 0.15) is 5.65 Å². The average molecular weight is 579 g/mol. The number of aromatic amines is 1. The van der Waals surface area contributed by atoms with E-state index in [9.17, 15) is 18.0 Å². The molecule has 1 aliphatic heterocycles. The molecule has 10 nitrogen and oxygen atoms in total. The number of ether oxygens (including phenoxy) is 1. The van der Waals surface area contributed by atoms with E-state index in [4.69, 9.17) is 35.6 Å². The zero-order valence-corrected chi connectivity index (χ0v) is 21.7. The number of hydrogen-bond donors (Lipinski definition) is 4. The lowest BCUT2D eigenvalue weighted by atomic mass is 10.1. The van der Waals surface area contributed by atoms with Gasteiger partial charge in [0.2, 0.25) is 11.4 Å². The van der Waals surface area contributed by atoms with Gasteiger partial charge < -0.3 is 29.3 Å². The molecule has 1 saturated heterocycles. The standard InChI is InChI=1S/C23H24ClF3N4O2.H3O4P/c24-17-4-3-5-18(21(17)23(25,26)27)31-13-11-30(12-14-31)10-1-2-15-33-20-9-7-16-6-8-19(32)28-22(16)29-20;1-5(2,3)4/h3-9H,1-2,10-15H2,(H,28,29,32);(H3,1,2,3,4). The quantitative estimate of drug-likeness (QED) is 0.244. The molecule has 0 radical (unpaired) electrons. The van der Waals surface area contributed by atoms with Crippen LogP contribution in [0.3, 0.4) is 0 Å². The first-order valence-electron chi connectivity index (χ1n) is 11.6. The first-order chi connectivity index (χ1) is 17.8. The minimum absolute atomic E-state index is 0.146. The van der Waals surface area contributed by atoms with Crippen LogP contribution in [0.2, 0.25) is 5.02 Å². The number of pyridine rings is 2. The highest BCUT2D eigenvalue weighted by atomic mass is 35.5. The molecule has 4 N–H and O–H groups in total. The van der Waals surface area contributed by atoms with Crippen LogP contribution >= 0.6 is 19.4 Å². The Morgan fingerprint density at radius 3 is 2.34 bits per heavy atom. The van der Waals surface area contributed by atoms with Crippen molar-refractivity contribution in [2.24, 2.45) is 0 Å². The molecule has 3 heterocycles. The summed E-state index contributed by atoms with van der Waals surface area (Å²) in [5.41, 5.74) is -0.334. The second-order valence-corrected chi connectivity index (χ2v) is 9.87. The molecule has 0 spiro atoms. The van der Waals surface area contributed by atoms with E-state index < -0.39 is 19.6 Å². The van der Waals surface area contributed by atoms with Gasteiger partial charge in [-0.05, 0) is 43.7 Å². The predicted octanol–water partition coefficient (Wildman–Crippen LogP) is 3.65. The highest BCUT2D eigenvalue weighted by Gasteiger charge is 2.37. The predicted molar refractivity (Wildman–Crippen MR) is 136 cm³/mol. The maximum Gasteiger partial charge on any atom is 0.466 e. The number of unbranched alkanes of at least 4 members (excludes halogenated alkanes) is 1. The van der Waals surface area contributed by atoms with Gasteiger partial charge in [-0.15, -0.1) is 0 Å². The number of fused-ring (bicyclic) bond motifs is 1. The number of phosphoric acid groups is 1. The number of aromatic nitrogens is 2. The lowest BCUT2D eigenvalue weighted by Gasteiger charge is -2.37. The first-order valence-corrected chi connectivity index (χ1v) is 13.5. The van der Waals surface area contributed by atoms with Gasteiger partial charge in [0.15, 0.2) is 0 Å². The van der Waals surface area contributed by atoms with Crippen molar-refractivity contribution in [1.29, 1.82) is 0 Å². The molecular weight excluding hydrogens is 552 g/mol. The Bertz CT molecular complexity index is 1320. The summed E-state index contributed by atoms with van der Waals surface area (Å²) in [6, 6.07) is 11.1. The van der Waals surface area contributed by atoms with Gasteiger partial charge in [0.05, 0.1) is 22.9 Å². The van der Waals surface area contributed by atoms with Crippen molar-refractivity contribution in [2.45, 2.75) is 19.0 Å². The monoisotopic (exact) mass is 578 g/mol. The zero-order valence-electron chi connectivity index (χ0n) is 20.1. The number of halogens is 4. The third-order valence-electron chi connectivity index (χ3n) is 5.66. The molecule has 38 heavy (non-hydrogen) atoms. The van der Waals surface area contributed by atoms with Gasteiger partial charge in [-0.2, -0.15) is 18.2 Å². The molecule has 0 atom stereocenters. The Morgan fingerprint density at radius 2 is 1.68 bits per heavy atom. The van der Waals surface area contributed by atoms with Gasteiger partial charge in [0, 0.05) is 43.7 Å². The lowest BCUT2D eigenvalue weighted by molar-refractivity contribution is -0.137. The molecule has 4 rings (SSSR count). The summed E-state index contributed by atoms with van der Waals surface area (Å²) in [5.74, 6) is 0.458. The molecule has 208 valence electrons. The Kier molecular flexibility index (Phi) is 10.2. The minimum atomic E-state index is -4.64. The zero-order chi connectivity index (χ0) is 27.9. The largest absolute Gasteiger partial charge is 0.478 e. The SMILES string of the molecule is O=P(O)(O)O.O=c1ccc2ccc(OCCCCN3CCN(c4cccc(Cl)c4C(F)(F)F)CC3)nc2[nH]1. The molecule has 3 aromatic rings. The number of piperazine rings is 1. The fraction of sp³-hybridized carbons (Fsp3) is 0.391. The molecule has 1 fully saturated rings. The van der Waals surface area contributed by atoms with Crippen LogP contribution in [0.5, 0.6) is 5.88 Å². The third-order valence-corrected chi connectivity index (χ3v) is 5.98. The second-order valence-electron chi connectivity index (χ2n) is 8.44. The van der Waals surface area contributed by atoms with Gasteiger partial charge in [-0.3, -0.25) is 9.69 Å². The molecule has 0 bridgehead atoms. The fourth-order valence-corrected chi connectivity index (χ4v) is 4.25. The van der Waals surface area contributed by atoms with Crippen LogP contribution in [-0.2, 0) is 10.7 Å². The Hall–Kier alpha value is -2.67. The fourth-order valence-electron chi connectivity index (χ4n) is 3.97. The van der Waals surface area contributed by atoms with Gasteiger partial charge in [0.25, 0.3) is 0 Å². The summed E-state index contributed by atoms with van der Waals surface area (Å²) in [6.45, 7) is 3.73. The van der Waals surface area contributed by atoms with E-state index >= 15 is 0 Å². The maximum absolute atomic E-state index is 13.4. The number of benzene rings is 1. The van der Waals surface area contributed by atoms with Crippen LogP contribution in [0.25, 0.3) is 11.0 Å². The molecule has 0 saturated carbocycles. The summed E-state index contributed by atoms with van der Waals surface area (Å²) in [5, 5.41) is 0.566. The van der Waals surface area contributed by atoms with Crippen LogP contribution in [0.1, 0.15) is 18.4 Å². The van der Waals surface area contributed by atoms with E-state index in [1.165, 1.54) is 18.2 Å². The van der Waals surface area contributed by atoms with E-state index in [0.717, 1.165) is 24.8 Å². The van der Waals surface area contributed by atoms with Crippen molar-refractivity contribution in [3.63, 3.8) is 0 Å². The van der Waals surface area contributed by atoms with E-state index in [-0.39, 0.29) is 16.3 Å². The topological polar surface area (TPSA) is 139 Å². The maximum atomic E-state index is 13.4. The number of alkyl halides is 3. The number of anilines is 1. The van der Waals surface area contributed by atoms with Gasteiger partial charge in [-0.1, -0.05) is 17.7 Å². The van der Waals surface area contributed by atoms with Crippen molar-refractivity contribution in [3.05, 3.63) is 63.4 Å². The number of rotatable bonds is 7. The summed E-state index contributed by atoms with van der Waals surface area (Å²) in [6.07, 6.45) is -2.77. The molecule has 0 unspecified atom stereocenters. The molecule has 0 amide bonds. The number of hydrogen-bond acceptors (Lipinski definition) is 6. The Balaban J connectivity index is 0.000000732. The molecule has 2 aromatic heterocycles. The average Bonchev–Trinajstić information content (AvgIpc) is 2.82. The van der Waals surface area contributed by atoms with Crippen LogP contribution in [0, 0.1) is 0 Å². The summed E-state index contributed by atoms with van der Waals surface area (Å²) >= 11 is 5.85. The minimum Gasteiger partial charge on any atom is -0.478 e. The number of nitrogens with zero attached hydrogens (tertiary/aromatic N) is 3. The summed E-state index contributed by atoms with van der Waals surface area (Å²) < 4.78 is 54.9. The number of nitrogens with one attached hydrogen (secondary N) is 1. The lowest BCUT2D eigenvalue weighted by Crippen LogP contribution is -2.47. The van der Waals surface area contributed by atoms with Crippen LogP contribution in [-0.4, -0.2) is 68.9 Å². The van der Waals surface area contributed by atoms with Crippen LogP contribution in [0.15, 0.2) is 47.3 Å². The van der Waals surface area contributed by atoms with Gasteiger partial charge >= 0.3 is 14.0 Å². The van der Waals surface area contributed by atoms with Crippen molar-refractivity contribution in [1.82, 2.24) is 14.9 Å². The van der Waals surface area contributed by atoms with E-state index in [0.29, 0.717) is 44.3 Å². The van der Waals surface area contributed by atoms with E-state index in [1.54, 1.807) is 23.1 Å². The Labute approximate surface area is 220 Å². The molecule has 0 aliphatic carbocycles. The second kappa shape index (κ2) is 12.9. The molecule has 1 aliphatic rings. The summed E-state index contributed by atoms with van der Waals surface area (Å²) in [7, 11) is -4.64. The van der Waals surface area contributed by atoms with E-state index in [2.05, 4.69) is 14.9 Å². The van der Waals surface area contributed by atoms with Crippen LogP contribution in [0.4, 0.5) is 18.9 Å². The van der Waals surface area contributed by atoms with Crippen molar-refractivity contribution < 1.29 is 37.2 Å². The van der Waals surface area contributed by atoms with Crippen LogP contribution < -0.4 is 15.2 Å². The first kappa shape index (κ1) is 29.9. The van der Waals surface area contributed by atoms with Crippen molar-refractivity contribution >= 4 is 36.1 Å². The molecule has 15 heteroatoms. The summed E-state index contributed by atoms with van der Waals surface area (Å²) in [4.78, 5) is 44.0. The highest BCUT2D eigenvalue weighted by molar-refractivity contribution is 7.45. The smallest absolute Gasteiger partial charge is 0.466 e. The Morgan fingerprint density at radius 1 is 1.03 bits per heavy atom. The third kappa shape index (κ3) is 9.26. The van der Waals surface area contributed by atoms with Crippen molar-refractivity contribution in [2.75, 3.05) is 44.2 Å². The van der Waals surface area contributed by atoms with Gasteiger partial charge in [-0.25, -0.2) is 4.57 Å². The normalized spacial score (nSPS) is 14.8. The van der Waals surface area contributed by atoms with Crippen molar-refractivity contribution in [3.8, 4) is 5.88 Å². The number of H-pyrrole nitrogens is 1. The van der Waals surface area contributed by atoms with E-state index in [1.807, 2.05) is 6.07 Å². The highest BCUT2D eigenvalue weighted by Crippen LogP contribution is 2.41. The molecule has 1 aromatic carbocycles.